The van der Waals surface area contributed by atoms with Crippen LogP contribution in [0, 0.1) is 0 Å². The number of rotatable bonds is 4. The van der Waals surface area contributed by atoms with Gasteiger partial charge in [-0.25, -0.2) is 0 Å². The number of fused-ring (bicyclic) bond motifs is 1. The summed E-state index contributed by atoms with van der Waals surface area (Å²) in [4.78, 5) is 0. The zero-order valence-electron chi connectivity index (χ0n) is 11.3. The Hall–Kier alpha value is -1.58. The molecule has 0 spiro atoms. The van der Waals surface area contributed by atoms with E-state index < -0.39 is 0 Å². The summed E-state index contributed by atoms with van der Waals surface area (Å²) in [5.74, 6) is 0.944. The molecular weight excluding hydrogens is 314 g/mol. The van der Waals surface area contributed by atoms with Crippen LogP contribution < -0.4 is 5.32 Å². The Morgan fingerprint density at radius 3 is 2.60 bits per heavy atom. The summed E-state index contributed by atoms with van der Waals surface area (Å²) in [6, 6.07) is 18.5. The number of furan rings is 1. The van der Waals surface area contributed by atoms with E-state index in [0.29, 0.717) is 0 Å². The summed E-state index contributed by atoms with van der Waals surface area (Å²) in [5, 5.41) is 4.63. The van der Waals surface area contributed by atoms with Crippen molar-refractivity contribution in [3.05, 3.63) is 70.4 Å². The highest BCUT2D eigenvalue weighted by Gasteiger charge is 2.19. The highest BCUT2D eigenvalue weighted by atomic mass is 79.9. The van der Waals surface area contributed by atoms with Gasteiger partial charge in [0.25, 0.3) is 0 Å². The molecule has 2 aromatic carbocycles. The standard InChI is InChI=1S/C17H16BrNO/c1-2-19-17(13-8-4-5-9-14(13)18)16-11-12-7-3-6-10-15(12)20-16/h3-11,17,19H,2H2,1H3. The monoisotopic (exact) mass is 329 g/mol. The first-order valence-corrected chi connectivity index (χ1v) is 7.55. The molecule has 102 valence electrons. The second-order valence-corrected chi connectivity index (χ2v) is 5.55. The summed E-state index contributed by atoms with van der Waals surface area (Å²) >= 11 is 3.63. The fraction of sp³-hybridized carbons (Fsp3) is 0.176. The summed E-state index contributed by atoms with van der Waals surface area (Å²) in [6.45, 7) is 2.98. The Bertz CT molecular complexity index is 687. The van der Waals surface area contributed by atoms with Crippen LogP contribution in [0.1, 0.15) is 24.3 Å². The van der Waals surface area contributed by atoms with E-state index in [0.717, 1.165) is 27.7 Å². The van der Waals surface area contributed by atoms with Crippen molar-refractivity contribution in [1.82, 2.24) is 5.32 Å². The molecule has 0 amide bonds. The number of nitrogens with one attached hydrogen (secondary N) is 1. The normalized spacial score (nSPS) is 12.7. The summed E-state index contributed by atoms with van der Waals surface area (Å²) in [7, 11) is 0. The molecule has 0 aliphatic rings. The molecule has 1 unspecified atom stereocenters. The molecule has 0 aliphatic carbocycles. The van der Waals surface area contributed by atoms with E-state index in [9.17, 15) is 0 Å². The predicted molar refractivity (Wildman–Crippen MR) is 85.9 cm³/mol. The summed E-state index contributed by atoms with van der Waals surface area (Å²) in [5.41, 5.74) is 2.12. The van der Waals surface area contributed by atoms with Gasteiger partial charge in [-0.05, 0) is 30.3 Å². The molecule has 2 nitrogen and oxygen atoms in total. The lowest BCUT2D eigenvalue weighted by Crippen LogP contribution is -2.21. The van der Waals surface area contributed by atoms with Crippen molar-refractivity contribution in [2.24, 2.45) is 0 Å². The molecule has 3 heteroatoms. The average molecular weight is 330 g/mol. The van der Waals surface area contributed by atoms with E-state index in [2.05, 4.69) is 52.4 Å². The van der Waals surface area contributed by atoms with E-state index >= 15 is 0 Å². The molecule has 20 heavy (non-hydrogen) atoms. The molecule has 0 aliphatic heterocycles. The fourth-order valence-electron chi connectivity index (χ4n) is 2.42. The van der Waals surface area contributed by atoms with Gasteiger partial charge < -0.3 is 9.73 Å². The smallest absolute Gasteiger partial charge is 0.134 e. The highest BCUT2D eigenvalue weighted by Crippen LogP contribution is 2.31. The third-order valence-electron chi connectivity index (χ3n) is 3.35. The van der Waals surface area contributed by atoms with E-state index in [1.807, 2.05) is 30.3 Å². The van der Waals surface area contributed by atoms with Crippen molar-refractivity contribution in [2.45, 2.75) is 13.0 Å². The third kappa shape index (κ3) is 2.51. The third-order valence-corrected chi connectivity index (χ3v) is 4.08. The van der Waals surface area contributed by atoms with Crippen LogP contribution in [0.4, 0.5) is 0 Å². The number of para-hydroxylation sites is 1. The van der Waals surface area contributed by atoms with Gasteiger partial charge in [0.05, 0.1) is 6.04 Å². The van der Waals surface area contributed by atoms with Crippen molar-refractivity contribution in [1.29, 1.82) is 0 Å². The molecule has 0 saturated carbocycles. The topological polar surface area (TPSA) is 25.2 Å². The zero-order valence-corrected chi connectivity index (χ0v) is 12.9. The molecule has 1 N–H and O–H groups in total. The summed E-state index contributed by atoms with van der Waals surface area (Å²) < 4.78 is 7.10. The van der Waals surface area contributed by atoms with Gasteiger partial charge in [0.1, 0.15) is 11.3 Å². The SMILES string of the molecule is CCNC(c1cc2ccccc2o1)c1ccccc1Br. The summed E-state index contributed by atoms with van der Waals surface area (Å²) in [6.07, 6.45) is 0. The lowest BCUT2D eigenvalue weighted by molar-refractivity contribution is 0.476. The zero-order chi connectivity index (χ0) is 13.9. The first-order valence-electron chi connectivity index (χ1n) is 6.76. The molecule has 1 heterocycles. The molecule has 1 aromatic heterocycles. The van der Waals surface area contributed by atoms with Crippen LogP contribution >= 0.6 is 15.9 Å². The van der Waals surface area contributed by atoms with Crippen molar-refractivity contribution >= 4 is 26.9 Å². The Morgan fingerprint density at radius 1 is 1.10 bits per heavy atom. The minimum Gasteiger partial charge on any atom is -0.459 e. The van der Waals surface area contributed by atoms with Crippen LogP contribution in [-0.4, -0.2) is 6.54 Å². The van der Waals surface area contributed by atoms with Crippen LogP contribution in [0.5, 0.6) is 0 Å². The van der Waals surface area contributed by atoms with E-state index in [-0.39, 0.29) is 6.04 Å². The van der Waals surface area contributed by atoms with Crippen LogP contribution in [0.15, 0.2) is 63.5 Å². The molecule has 0 fully saturated rings. The molecular formula is C17H16BrNO. The van der Waals surface area contributed by atoms with Gasteiger partial charge in [-0.2, -0.15) is 0 Å². The Balaban J connectivity index is 2.08. The van der Waals surface area contributed by atoms with Gasteiger partial charge in [-0.15, -0.1) is 0 Å². The van der Waals surface area contributed by atoms with Gasteiger partial charge >= 0.3 is 0 Å². The Morgan fingerprint density at radius 2 is 1.85 bits per heavy atom. The van der Waals surface area contributed by atoms with Crippen molar-refractivity contribution in [3.8, 4) is 0 Å². The highest BCUT2D eigenvalue weighted by molar-refractivity contribution is 9.10. The maximum atomic E-state index is 6.01. The maximum Gasteiger partial charge on any atom is 0.134 e. The lowest BCUT2D eigenvalue weighted by Gasteiger charge is -2.17. The minimum atomic E-state index is 0.0583. The Kier molecular flexibility index (Phi) is 3.90. The number of hydrogen-bond acceptors (Lipinski definition) is 2. The van der Waals surface area contributed by atoms with Crippen LogP contribution in [0.25, 0.3) is 11.0 Å². The second-order valence-electron chi connectivity index (χ2n) is 4.70. The quantitative estimate of drug-likeness (QED) is 0.736. The van der Waals surface area contributed by atoms with Crippen LogP contribution in [0.2, 0.25) is 0 Å². The molecule has 0 radical (unpaired) electrons. The van der Waals surface area contributed by atoms with Crippen molar-refractivity contribution in [3.63, 3.8) is 0 Å². The van der Waals surface area contributed by atoms with E-state index in [4.69, 9.17) is 4.42 Å². The Labute approximate surface area is 126 Å². The average Bonchev–Trinajstić information content (AvgIpc) is 2.89. The van der Waals surface area contributed by atoms with Crippen LogP contribution in [-0.2, 0) is 0 Å². The van der Waals surface area contributed by atoms with Gasteiger partial charge in [0.2, 0.25) is 0 Å². The molecule has 0 bridgehead atoms. The first kappa shape index (κ1) is 13.4. The number of hydrogen-bond donors (Lipinski definition) is 1. The van der Waals surface area contributed by atoms with Gasteiger partial charge in [-0.1, -0.05) is 59.3 Å². The minimum absolute atomic E-state index is 0.0583. The van der Waals surface area contributed by atoms with E-state index in [1.54, 1.807) is 0 Å². The molecule has 1 atom stereocenters. The van der Waals surface area contributed by atoms with E-state index in [1.165, 1.54) is 5.56 Å². The van der Waals surface area contributed by atoms with Crippen molar-refractivity contribution in [2.75, 3.05) is 6.54 Å². The van der Waals surface area contributed by atoms with Gasteiger partial charge in [0, 0.05) is 9.86 Å². The maximum absolute atomic E-state index is 6.01. The molecule has 3 aromatic rings. The predicted octanol–water partition coefficient (Wildman–Crippen LogP) is 4.89. The molecule has 3 rings (SSSR count). The number of benzene rings is 2. The number of halogens is 1. The fourth-order valence-corrected chi connectivity index (χ4v) is 2.94. The second kappa shape index (κ2) is 5.81. The van der Waals surface area contributed by atoms with Gasteiger partial charge in [0.15, 0.2) is 0 Å². The van der Waals surface area contributed by atoms with Crippen LogP contribution in [0.3, 0.4) is 0 Å². The molecule has 0 saturated heterocycles. The van der Waals surface area contributed by atoms with Gasteiger partial charge in [-0.3, -0.25) is 0 Å². The van der Waals surface area contributed by atoms with Crippen molar-refractivity contribution < 1.29 is 4.42 Å². The largest absolute Gasteiger partial charge is 0.459 e. The lowest BCUT2D eigenvalue weighted by atomic mass is 10.0. The first-order chi connectivity index (χ1) is 9.79.